The molecule has 3 N–H and O–H groups in total. The van der Waals surface area contributed by atoms with E-state index in [9.17, 15) is 9.59 Å². The number of urea groups is 1. The lowest BCUT2D eigenvalue weighted by atomic mass is 9.96. The van der Waals surface area contributed by atoms with Crippen LogP contribution in [0.4, 0.5) is 4.79 Å². The summed E-state index contributed by atoms with van der Waals surface area (Å²) in [6, 6.07) is 4.26. The first-order valence-corrected chi connectivity index (χ1v) is 9.40. The summed E-state index contributed by atoms with van der Waals surface area (Å²) < 4.78 is 0. The molecule has 1 saturated carbocycles. The van der Waals surface area contributed by atoms with Gasteiger partial charge in [-0.05, 0) is 37.6 Å². The van der Waals surface area contributed by atoms with Crippen molar-refractivity contribution in [1.82, 2.24) is 16.0 Å². The third-order valence-corrected chi connectivity index (χ3v) is 5.21. The summed E-state index contributed by atoms with van der Waals surface area (Å²) in [5.41, 5.74) is 0. The van der Waals surface area contributed by atoms with Crippen LogP contribution in [0.2, 0.25) is 0 Å². The van der Waals surface area contributed by atoms with Crippen LogP contribution in [-0.2, 0) is 4.79 Å². The van der Waals surface area contributed by atoms with E-state index >= 15 is 0 Å². The maximum atomic E-state index is 11.9. The van der Waals surface area contributed by atoms with Crippen molar-refractivity contribution in [3.8, 4) is 0 Å². The highest BCUT2D eigenvalue weighted by molar-refractivity contribution is 7.10. The van der Waals surface area contributed by atoms with E-state index in [1.165, 1.54) is 19.3 Å². The largest absolute Gasteiger partial charge is 0.349 e. The Morgan fingerprint density at radius 2 is 2.09 bits per heavy atom. The van der Waals surface area contributed by atoms with Crippen LogP contribution in [0, 0.1) is 0 Å². The molecule has 2 rings (SSSR count). The summed E-state index contributed by atoms with van der Waals surface area (Å²) in [5.74, 6) is 0.0281. The van der Waals surface area contributed by atoms with Gasteiger partial charge in [-0.3, -0.25) is 4.79 Å². The Morgan fingerprint density at radius 1 is 1.30 bits per heavy atom. The Hall–Kier alpha value is -1.56. The molecule has 1 heterocycles. The molecule has 128 valence electrons. The Kier molecular flexibility index (Phi) is 7.39. The highest BCUT2D eigenvalue weighted by atomic mass is 32.1. The summed E-state index contributed by atoms with van der Waals surface area (Å²) in [6.45, 7) is 2.51. The van der Waals surface area contributed by atoms with Gasteiger partial charge in [-0.2, -0.15) is 0 Å². The average molecular weight is 337 g/mol. The lowest BCUT2D eigenvalue weighted by Gasteiger charge is -2.22. The number of thiophene rings is 1. The van der Waals surface area contributed by atoms with E-state index in [1.807, 2.05) is 24.4 Å². The van der Waals surface area contributed by atoms with Crippen LogP contribution in [-0.4, -0.2) is 24.5 Å². The number of hydrogen-bond donors (Lipinski definition) is 3. The van der Waals surface area contributed by atoms with Gasteiger partial charge in [-0.15, -0.1) is 11.3 Å². The van der Waals surface area contributed by atoms with Crippen molar-refractivity contribution in [3.05, 3.63) is 22.4 Å². The summed E-state index contributed by atoms with van der Waals surface area (Å²) in [6.07, 6.45) is 6.92. The summed E-state index contributed by atoms with van der Waals surface area (Å²) in [7, 11) is 0. The van der Waals surface area contributed by atoms with Gasteiger partial charge in [-0.25, -0.2) is 4.79 Å². The third-order valence-electron chi connectivity index (χ3n) is 4.15. The molecule has 0 aliphatic heterocycles. The van der Waals surface area contributed by atoms with Crippen LogP contribution in [0.1, 0.15) is 62.8 Å². The quantitative estimate of drug-likeness (QED) is 0.668. The zero-order valence-corrected chi connectivity index (χ0v) is 14.6. The third kappa shape index (κ3) is 6.60. The molecule has 3 amide bonds. The molecule has 5 nitrogen and oxygen atoms in total. The van der Waals surface area contributed by atoms with Gasteiger partial charge in [0.1, 0.15) is 0 Å². The highest BCUT2D eigenvalue weighted by Crippen LogP contribution is 2.18. The number of hydrogen-bond acceptors (Lipinski definition) is 3. The molecule has 1 atom stereocenters. The standard InChI is InChI=1S/C17H27N3O2S/c1-13(15-9-6-12-23-15)19-16(21)10-5-11-18-17(22)20-14-7-3-2-4-8-14/h6,9,12-14H,2-5,7-8,10-11H2,1H3,(H,19,21)(H2,18,20,22). The Labute approximate surface area is 142 Å². The Bertz CT molecular complexity index is 484. The van der Waals surface area contributed by atoms with Crippen molar-refractivity contribution in [3.63, 3.8) is 0 Å². The van der Waals surface area contributed by atoms with Crippen molar-refractivity contribution < 1.29 is 9.59 Å². The van der Waals surface area contributed by atoms with Gasteiger partial charge in [0.25, 0.3) is 0 Å². The van der Waals surface area contributed by atoms with Crippen LogP contribution in [0.3, 0.4) is 0 Å². The molecule has 23 heavy (non-hydrogen) atoms. The van der Waals surface area contributed by atoms with Crippen LogP contribution < -0.4 is 16.0 Å². The predicted octanol–water partition coefficient (Wildman–Crippen LogP) is 3.34. The molecule has 6 heteroatoms. The van der Waals surface area contributed by atoms with Crippen LogP contribution in [0.15, 0.2) is 17.5 Å². The molecule has 1 fully saturated rings. The number of amides is 3. The van der Waals surface area contributed by atoms with Crippen molar-refractivity contribution in [2.75, 3.05) is 6.54 Å². The normalized spacial score (nSPS) is 16.6. The van der Waals surface area contributed by atoms with Gasteiger partial charge in [0.2, 0.25) is 5.91 Å². The zero-order valence-electron chi connectivity index (χ0n) is 13.8. The fraction of sp³-hybridized carbons (Fsp3) is 0.647. The predicted molar refractivity (Wildman–Crippen MR) is 93.5 cm³/mol. The van der Waals surface area contributed by atoms with Gasteiger partial charge in [0.05, 0.1) is 6.04 Å². The second kappa shape index (κ2) is 9.55. The van der Waals surface area contributed by atoms with E-state index in [4.69, 9.17) is 0 Å². The Balaban J connectivity index is 1.54. The van der Waals surface area contributed by atoms with E-state index in [-0.39, 0.29) is 18.0 Å². The van der Waals surface area contributed by atoms with Crippen LogP contribution >= 0.6 is 11.3 Å². The molecule has 1 aromatic heterocycles. The number of nitrogens with one attached hydrogen (secondary N) is 3. The van der Waals surface area contributed by atoms with Gasteiger partial charge in [-0.1, -0.05) is 25.3 Å². The molecule has 0 saturated heterocycles. The smallest absolute Gasteiger partial charge is 0.315 e. The van der Waals surface area contributed by atoms with E-state index in [0.717, 1.165) is 17.7 Å². The topological polar surface area (TPSA) is 70.2 Å². The second-order valence-electron chi connectivity index (χ2n) is 6.14. The molecule has 0 radical (unpaired) electrons. The summed E-state index contributed by atoms with van der Waals surface area (Å²) in [5, 5.41) is 10.8. The zero-order chi connectivity index (χ0) is 16.5. The number of rotatable bonds is 7. The van der Waals surface area contributed by atoms with Crippen molar-refractivity contribution in [2.24, 2.45) is 0 Å². The molecule has 1 aliphatic rings. The second-order valence-corrected chi connectivity index (χ2v) is 7.12. The van der Waals surface area contributed by atoms with Gasteiger partial charge >= 0.3 is 6.03 Å². The van der Waals surface area contributed by atoms with Crippen LogP contribution in [0.25, 0.3) is 0 Å². The van der Waals surface area contributed by atoms with Gasteiger partial charge in [0.15, 0.2) is 0 Å². The van der Waals surface area contributed by atoms with Crippen molar-refractivity contribution >= 4 is 23.3 Å². The monoisotopic (exact) mass is 337 g/mol. The number of carbonyl (C=O) groups excluding carboxylic acids is 2. The molecular formula is C17H27N3O2S. The summed E-state index contributed by atoms with van der Waals surface area (Å²) >= 11 is 1.64. The van der Waals surface area contributed by atoms with E-state index in [1.54, 1.807) is 11.3 Å². The molecule has 0 aromatic carbocycles. The lowest BCUT2D eigenvalue weighted by Crippen LogP contribution is -2.43. The summed E-state index contributed by atoms with van der Waals surface area (Å²) in [4.78, 5) is 24.8. The maximum Gasteiger partial charge on any atom is 0.315 e. The molecule has 0 spiro atoms. The first-order chi connectivity index (χ1) is 11.1. The average Bonchev–Trinajstić information content (AvgIpc) is 3.07. The molecule has 1 aromatic rings. The van der Waals surface area contributed by atoms with E-state index in [0.29, 0.717) is 25.4 Å². The lowest BCUT2D eigenvalue weighted by molar-refractivity contribution is -0.121. The minimum atomic E-state index is -0.107. The molecule has 1 unspecified atom stereocenters. The maximum absolute atomic E-state index is 11.9. The SMILES string of the molecule is CC(NC(=O)CCCNC(=O)NC1CCCCC1)c1cccs1. The molecular weight excluding hydrogens is 310 g/mol. The van der Waals surface area contributed by atoms with Gasteiger partial charge < -0.3 is 16.0 Å². The first-order valence-electron chi connectivity index (χ1n) is 8.52. The van der Waals surface area contributed by atoms with Gasteiger partial charge in [0, 0.05) is 23.9 Å². The van der Waals surface area contributed by atoms with Crippen LogP contribution in [0.5, 0.6) is 0 Å². The van der Waals surface area contributed by atoms with E-state index < -0.39 is 0 Å². The van der Waals surface area contributed by atoms with E-state index in [2.05, 4.69) is 16.0 Å². The highest BCUT2D eigenvalue weighted by Gasteiger charge is 2.15. The number of carbonyl (C=O) groups is 2. The first kappa shape index (κ1) is 17.8. The van der Waals surface area contributed by atoms with Crippen molar-refractivity contribution in [2.45, 2.75) is 64.0 Å². The minimum Gasteiger partial charge on any atom is -0.349 e. The Morgan fingerprint density at radius 3 is 2.78 bits per heavy atom. The van der Waals surface area contributed by atoms with Crippen molar-refractivity contribution in [1.29, 1.82) is 0 Å². The fourth-order valence-electron chi connectivity index (χ4n) is 2.86. The fourth-order valence-corrected chi connectivity index (χ4v) is 3.59. The minimum absolute atomic E-state index is 0.0281. The molecule has 0 bridgehead atoms. The molecule has 1 aliphatic carbocycles.